The van der Waals surface area contributed by atoms with E-state index >= 15 is 0 Å². The van der Waals surface area contributed by atoms with Crippen molar-refractivity contribution in [2.75, 3.05) is 36.8 Å². The van der Waals surface area contributed by atoms with Crippen LogP contribution in [0.15, 0.2) is 18.3 Å². The molecule has 3 N–H and O–H groups in total. The number of aromatic nitrogens is 3. The van der Waals surface area contributed by atoms with Gasteiger partial charge in [0, 0.05) is 49.5 Å². The Balaban J connectivity index is 1.71. The molecule has 0 atom stereocenters. The summed E-state index contributed by atoms with van der Waals surface area (Å²) in [6.45, 7) is 6.93. The second-order valence-corrected chi connectivity index (χ2v) is 5.88. The number of nitrogens with two attached hydrogens (primary N) is 1. The minimum absolute atomic E-state index is 0.0526. The molecule has 2 aromatic rings. The molecule has 0 radical (unpaired) electrons. The summed E-state index contributed by atoms with van der Waals surface area (Å²) in [4.78, 5) is 28.0. The van der Waals surface area contributed by atoms with Crippen molar-refractivity contribution in [2.45, 2.75) is 20.3 Å². The van der Waals surface area contributed by atoms with Gasteiger partial charge in [0.2, 0.25) is 0 Å². The predicted octanol–water partition coefficient (Wildman–Crippen LogP) is 1.36. The molecule has 0 unspecified atom stereocenters. The number of carbonyl (C=O) groups is 1. The molecule has 0 bridgehead atoms. The van der Waals surface area contributed by atoms with Crippen LogP contribution in [0.4, 0.5) is 11.6 Å². The maximum Gasteiger partial charge on any atom is 0.274 e. The molecule has 3 rings (SSSR count). The number of amides is 1. The molecule has 0 aromatic carbocycles. The van der Waals surface area contributed by atoms with Crippen LogP contribution in [0.1, 0.15) is 28.3 Å². The van der Waals surface area contributed by atoms with E-state index in [4.69, 9.17) is 5.73 Å². The van der Waals surface area contributed by atoms with Crippen molar-refractivity contribution in [3.63, 3.8) is 0 Å². The van der Waals surface area contributed by atoms with Gasteiger partial charge in [-0.1, -0.05) is 0 Å². The van der Waals surface area contributed by atoms with Crippen molar-refractivity contribution in [3.05, 3.63) is 35.4 Å². The van der Waals surface area contributed by atoms with E-state index in [0.717, 1.165) is 43.1 Å². The number of aryl methyl sites for hydroxylation is 2. The third-order valence-corrected chi connectivity index (χ3v) is 4.13. The first kappa shape index (κ1) is 15.3. The first-order chi connectivity index (χ1) is 11.0. The van der Waals surface area contributed by atoms with Crippen molar-refractivity contribution in [1.29, 1.82) is 0 Å². The lowest BCUT2D eigenvalue weighted by Crippen LogP contribution is -2.35. The molecule has 0 saturated carbocycles. The smallest absolute Gasteiger partial charge is 0.274 e. The van der Waals surface area contributed by atoms with Crippen molar-refractivity contribution in [3.8, 4) is 0 Å². The fourth-order valence-corrected chi connectivity index (χ4v) is 2.95. The first-order valence-corrected chi connectivity index (χ1v) is 7.83. The fraction of sp³-hybridized carbons (Fsp3) is 0.438. The second-order valence-electron chi connectivity index (χ2n) is 5.88. The van der Waals surface area contributed by atoms with Crippen LogP contribution in [0.5, 0.6) is 0 Å². The quantitative estimate of drug-likeness (QED) is 0.873. The number of carbonyl (C=O) groups excluding carboxylic acids is 1. The normalized spacial score (nSPS) is 15.6. The van der Waals surface area contributed by atoms with Crippen molar-refractivity contribution >= 4 is 17.5 Å². The Hall–Kier alpha value is -2.57. The standard InChI is InChI=1S/C16H22N6O/c1-11-10-13(4-5-18-11)21-6-3-7-22(9-8-21)15(23)14-12(2)19-16(17)20-14/h4-5,10H,3,6-9H2,1-2H3,(H3,17,19,20). The lowest BCUT2D eigenvalue weighted by atomic mass is 10.3. The number of nitrogen functional groups attached to an aromatic ring is 1. The number of rotatable bonds is 2. The van der Waals surface area contributed by atoms with Crippen molar-refractivity contribution < 1.29 is 4.79 Å². The van der Waals surface area contributed by atoms with Gasteiger partial charge in [0.15, 0.2) is 11.6 Å². The van der Waals surface area contributed by atoms with Crippen LogP contribution in [-0.2, 0) is 0 Å². The van der Waals surface area contributed by atoms with Gasteiger partial charge in [-0.3, -0.25) is 9.78 Å². The van der Waals surface area contributed by atoms with Gasteiger partial charge < -0.3 is 20.5 Å². The van der Waals surface area contributed by atoms with Gasteiger partial charge in [-0.2, -0.15) is 0 Å². The average Bonchev–Trinajstić information content (AvgIpc) is 2.74. The van der Waals surface area contributed by atoms with E-state index in [9.17, 15) is 4.79 Å². The molecule has 0 aliphatic carbocycles. The summed E-state index contributed by atoms with van der Waals surface area (Å²) in [5.74, 6) is 0.234. The van der Waals surface area contributed by atoms with Crippen molar-refractivity contribution in [1.82, 2.24) is 19.9 Å². The fourth-order valence-electron chi connectivity index (χ4n) is 2.95. The summed E-state index contributed by atoms with van der Waals surface area (Å²) in [5.41, 5.74) is 8.95. The van der Waals surface area contributed by atoms with E-state index in [0.29, 0.717) is 12.2 Å². The van der Waals surface area contributed by atoms with E-state index in [2.05, 4.69) is 25.9 Å². The van der Waals surface area contributed by atoms with E-state index < -0.39 is 0 Å². The summed E-state index contributed by atoms with van der Waals surface area (Å²) in [5, 5.41) is 0. The minimum Gasteiger partial charge on any atom is -0.370 e. The number of anilines is 2. The van der Waals surface area contributed by atoms with E-state index in [1.54, 1.807) is 0 Å². The van der Waals surface area contributed by atoms with Gasteiger partial charge >= 0.3 is 0 Å². The average molecular weight is 314 g/mol. The third-order valence-electron chi connectivity index (χ3n) is 4.13. The number of H-pyrrole nitrogens is 1. The highest BCUT2D eigenvalue weighted by Crippen LogP contribution is 2.18. The summed E-state index contributed by atoms with van der Waals surface area (Å²) in [7, 11) is 0. The Morgan fingerprint density at radius 2 is 2.09 bits per heavy atom. The van der Waals surface area contributed by atoms with Gasteiger partial charge in [0.25, 0.3) is 5.91 Å². The Kier molecular flexibility index (Phi) is 4.18. The number of nitrogens with zero attached hydrogens (tertiary/aromatic N) is 4. The number of hydrogen-bond donors (Lipinski definition) is 2. The Bertz CT molecular complexity index is 710. The number of nitrogens with one attached hydrogen (secondary N) is 1. The Morgan fingerprint density at radius 3 is 2.78 bits per heavy atom. The Labute approximate surface area is 135 Å². The first-order valence-electron chi connectivity index (χ1n) is 7.83. The van der Waals surface area contributed by atoms with Crippen molar-refractivity contribution in [2.24, 2.45) is 0 Å². The van der Waals surface area contributed by atoms with E-state index in [-0.39, 0.29) is 11.9 Å². The molecule has 1 amide bonds. The molecule has 3 heterocycles. The van der Waals surface area contributed by atoms with Gasteiger partial charge in [0.05, 0.1) is 0 Å². The van der Waals surface area contributed by atoms with Crippen LogP contribution in [0.25, 0.3) is 0 Å². The van der Waals surface area contributed by atoms with Crippen LogP contribution >= 0.6 is 0 Å². The predicted molar refractivity (Wildman–Crippen MR) is 89.4 cm³/mol. The highest BCUT2D eigenvalue weighted by Gasteiger charge is 2.23. The van der Waals surface area contributed by atoms with Gasteiger partial charge in [-0.25, -0.2) is 4.98 Å². The number of aromatic amines is 1. The summed E-state index contributed by atoms with van der Waals surface area (Å²) >= 11 is 0. The topological polar surface area (TPSA) is 91.1 Å². The third kappa shape index (κ3) is 3.28. The molecular formula is C16H22N6O. The van der Waals surface area contributed by atoms with E-state index in [1.165, 1.54) is 0 Å². The Morgan fingerprint density at radius 1 is 1.26 bits per heavy atom. The summed E-state index contributed by atoms with van der Waals surface area (Å²) in [6, 6.07) is 4.10. The molecular weight excluding hydrogens is 292 g/mol. The molecule has 1 aliphatic heterocycles. The number of hydrogen-bond acceptors (Lipinski definition) is 5. The maximum atomic E-state index is 12.6. The van der Waals surface area contributed by atoms with Crippen LogP contribution in [0.3, 0.4) is 0 Å². The van der Waals surface area contributed by atoms with Gasteiger partial charge in [-0.15, -0.1) is 0 Å². The maximum absolute atomic E-state index is 12.6. The van der Waals surface area contributed by atoms with Crippen LogP contribution in [-0.4, -0.2) is 51.9 Å². The molecule has 7 heteroatoms. The van der Waals surface area contributed by atoms with Crippen LogP contribution in [0.2, 0.25) is 0 Å². The van der Waals surface area contributed by atoms with Gasteiger partial charge in [0.1, 0.15) is 0 Å². The minimum atomic E-state index is -0.0526. The molecule has 2 aromatic heterocycles. The monoisotopic (exact) mass is 314 g/mol. The highest BCUT2D eigenvalue weighted by atomic mass is 16.2. The van der Waals surface area contributed by atoms with Crippen LogP contribution < -0.4 is 10.6 Å². The van der Waals surface area contributed by atoms with Crippen LogP contribution in [0, 0.1) is 13.8 Å². The summed E-state index contributed by atoms with van der Waals surface area (Å²) in [6.07, 6.45) is 2.75. The van der Waals surface area contributed by atoms with Gasteiger partial charge in [-0.05, 0) is 32.4 Å². The second kappa shape index (κ2) is 6.28. The lowest BCUT2D eigenvalue weighted by Gasteiger charge is -2.23. The largest absolute Gasteiger partial charge is 0.370 e. The SMILES string of the molecule is Cc1cc(N2CCCN(C(=O)c3nc(N)[nH]c3C)CC2)ccn1. The molecule has 7 nitrogen and oxygen atoms in total. The highest BCUT2D eigenvalue weighted by molar-refractivity contribution is 5.93. The molecule has 1 saturated heterocycles. The zero-order valence-electron chi connectivity index (χ0n) is 13.5. The number of pyridine rings is 1. The molecule has 1 fully saturated rings. The molecule has 0 spiro atoms. The van der Waals surface area contributed by atoms with E-state index in [1.807, 2.05) is 31.0 Å². The zero-order valence-corrected chi connectivity index (χ0v) is 13.5. The number of imidazole rings is 1. The molecule has 23 heavy (non-hydrogen) atoms. The summed E-state index contributed by atoms with van der Waals surface area (Å²) < 4.78 is 0. The molecule has 1 aliphatic rings. The zero-order chi connectivity index (χ0) is 16.4. The lowest BCUT2D eigenvalue weighted by molar-refractivity contribution is 0.0761. The molecule has 122 valence electrons.